The molecule has 2 aromatic rings. The number of nitrogens with one attached hydrogen (secondary N) is 3. The van der Waals surface area contributed by atoms with Crippen molar-refractivity contribution in [3.8, 4) is 5.75 Å². The summed E-state index contributed by atoms with van der Waals surface area (Å²) < 4.78 is 6.04. The molecule has 150 valence electrons. The number of amides is 1. The Morgan fingerprint density at radius 2 is 2.11 bits per heavy atom. The number of carbonyl (C=O) groups is 1. The lowest BCUT2D eigenvalue weighted by Gasteiger charge is -2.18. The van der Waals surface area contributed by atoms with Crippen molar-refractivity contribution >= 4 is 17.6 Å². The molecule has 28 heavy (non-hydrogen) atoms. The first-order valence-corrected chi connectivity index (χ1v) is 9.42. The Balaban J connectivity index is 1.89. The Labute approximate surface area is 166 Å². The number of aromatic nitrogens is 1. The van der Waals surface area contributed by atoms with Gasteiger partial charge < -0.3 is 20.7 Å². The average molecular weight is 383 g/mol. The van der Waals surface area contributed by atoms with E-state index in [4.69, 9.17) is 4.74 Å². The molecule has 2 rings (SSSR count). The number of aryl methyl sites for hydroxylation is 1. The molecule has 7 nitrogen and oxygen atoms in total. The number of hydrogen-bond donors (Lipinski definition) is 3. The molecule has 0 fully saturated rings. The highest BCUT2D eigenvalue weighted by Gasteiger charge is 2.09. The lowest BCUT2D eigenvalue weighted by Crippen LogP contribution is -2.41. The zero-order valence-corrected chi connectivity index (χ0v) is 17.0. The zero-order valence-electron chi connectivity index (χ0n) is 17.0. The van der Waals surface area contributed by atoms with E-state index in [-0.39, 0.29) is 18.6 Å². The summed E-state index contributed by atoms with van der Waals surface area (Å²) in [5.74, 6) is 1.23. The standard InChI is InChI=1S/C21H29N5O2/c1-5-16(3)28-19-11-15(2)8-9-17(19)12-24-21(22-4)25-14-20(27)26-18-7-6-10-23-13-18/h6-11,13,16H,5,12,14H2,1-4H3,(H,26,27)(H2,22,24,25). The van der Waals surface area contributed by atoms with Gasteiger partial charge in [0.15, 0.2) is 5.96 Å². The maximum absolute atomic E-state index is 12.0. The summed E-state index contributed by atoms with van der Waals surface area (Å²) in [6.07, 6.45) is 4.34. The SMILES string of the molecule is CCC(C)Oc1cc(C)ccc1CNC(=NC)NCC(=O)Nc1cccnc1. The molecule has 0 aliphatic carbocycles. The number of ether oxygens (including phenoxy) is 1. The van der Waals surface area contributed by atoms with E-state index in [2.05, 4.69) is 45.8 Å². The molecule has 1 unspecified atom stereocenters. The van der Waals surface area contributed by atoms with Crippen LogP contribution in [-0.4, -0.2) is 36.5 Å². The molecule has 0 spiro atoms. The van der Waals surface area contributed by atoms with Crippen LogP contribution in [0, 0.1) is 6.92 Å². The molecule has 0 aliphatic rings. The highest BCUT2D eigenvalue weighted by atomic mass is 16.5. The molecule has 1 amide bonds. The maximum Gasteiger partial charge on any atom is 0.243 e. The average Bonchev–Trinajstić information content (AvgIpc) is 2.70. The number of anilines is 1. The van der Waals surface area contributed by atoms with E-state index in [1.165, 1.54) is 0 Å². The summed E-state index contributed by atoms with van der Waals surface area (Å²) in [7, 11) is 1.67. The van der Waals surface area contributed by atoms with Gasteiger partial charge in [-0.2, -0.15) is 0 Å². The molecular weight excluding hydrogens is 354 g/mol. The predicted octanol–water partition coefficient (Wildman–Crippen LogP) is 2.87. The van der Waals surface area contributed by atoms with Crippen LogP contribution in [-0.2, 0) is 11.3 Å². The topological polar surface area (TPSA) is 87.6 Å². The summed E-state index contributed by atoms with van der Waals surface area (Å²) >= 11 is 0. The van der Waals surface area contributed by atoms with E-state index < -0.39 is 0 Å². The second-order valence-corrected chi connectivity index (χ2v) is 6.52. The summed E-state index contributed by atoms with van der Waals surface area (Å²) in [6.45, 7) is 6.83. The van der Waals surface area contributed by atoms with Gasteiger partial charge in [-0.05, 0) is 44.0 Å². The van der Waals surface area contributed by atoms with Gasteiger partial charge in [0, 0.05) is 25.4 Å². The van der Waals surface area contributed by atoms with Crippen molar-refractivity contribution in [2.75, 3.05) is 18.9 Å². The fourth-order valence-electron chi connectivity index (χ4n) is 2.42. The fourth-order valence-corrected chi connectivity index (χ4v) is 2.42. The number of guanidine groups is 1. The first-order valence-electron chi connectivity index (χ1n) is 9.42. The molecule has 1 heterocycles. The van der Waals surface area contributed by atoms with E-state index in [0.717, 1.165) is 23.3 Å². The molecule has 0 saturated heterocycles. The molecule has 0 saturated carbocycles. The number of pyridine rings is 1. The van der Waals surface area contributed by atoms with Crippen molar-refractivity contribution in [3.63, 3.8) is 0 Å². The largest absolute Gasteiger partial charge is 0.490 e. The van der Waals surface area contributed by atoms with Gasteiger partial charge in [-0.3, -0.25) is 14.8 Å². The van der Waals surface area contributed by atoms with E-state index in [0.29, 0.717) is 18.2 Å². The van der Waals surface area contributed by atoms with E-state index in [1.54, 1.807) is 31.6 Å². The number of aliphatic imine (C=N–C) groups is 1. The molecule has 1 atom stereocenters. The smallest absolute Gasteiger partial charge is 0.243 e. The first kappa shape index (κ1) is 21.2. The van der Waals surface area contributed by atoms with Crippen LogP contribution in [0.2, 0.25) is 0 Å². The van der Waals surface area contributed by atoms with E-state index in [9.17, 15) is 4.79 Å². The first-order chi connectivity index (χ1) is 13.5. The lowest BCUT2D eigenvalue weighted by atomic mass is 10.1. The summed E-state index contributed by atoms with van der Waals surface area (Å²) in [4.78, 5) is 20.2. The van der Waals surface area contributed by atoms with Crippen LogP contribution in [0.3, 0.4) is 0 Å². The van der Waals surface area contributed by atoms with Gasteiger partial charge >= 0.3 is 0 Å². The molecule has 0 aliphatic heterocycles. The minimum Gasteiger partial charge on any atom is -0.490 e. The molecule has 7 heteroatoms. The summed E-state index contributed by atoms with van der Waals surface area (Å²) in [6, 6.07) is 9.69. The minimum atomic E-state index is -0.174. The van der Waals surface area contributed by atoms with Crippen molar-refractivity contribution in [3.05, 3.63) is 53.9 Å². The Kier molecular flexibility index (Phi) is 8.27. The zero-order chi connectivity index (χ0) is 20.4. The van der Waals surface area contributed by atoms with Gasteiger partial charge in [0.2, 0.25) is 5.91 Å². The van der Waals surface area contributed by atoms with Crippen LogP contribution in [0.15, 0.2) is 47.7 Å². The number of hydrogen-bond acceptors (Lipinski definition) is 4. The van der Waals surface area contributed by atoms with E-state index >= 15 is 0 Å². The van der Waals surface area contributed by atoms with Gasteiger partial charge in [-0.1, -0.05) is 19.1 Å². The second kappa shape index (κ2) is 10.9. The molecule has 1 aromatic heterocycles. The molecule has 0 radical (unpaired) electrons. The number of nitrogens with zero attached hydrogens (tertiary/aromatic N) is 2. The second-order valence-electron chi connectivity index (χ2n) is 6.52. The number of rotatable bonds is 8. The minimum absolute atomic E-state index is 0.0959. The van der Waals surface area contributed by atoms with Gasteiger partial charge in [0.05, 0.1) is 24.5 Å². The van der Waals surface area contributed by atoms with E-state index in [1.807, 2.05) is 19.1 Å². The van der Waals surface area contributed by atoms with Crippen LogP contribution >= 0.6 is 0 Å². The predicted molar refractivity (Wildman–Crippen MR) is 113 cm³/mol. The van der Waals surface area contributed by atoms with Gasteiger partial charge in [-0.25, -0.2) is 0 Å². The third-order valence-corrected chi connectivity index (χ3v) is 4.16. The van der Waals surface area contributed by atoms with Crippen molar-refractivity contribution in [1.82, 2.24) is 15.6 Å². The molecular formula is C21H29N5O2. The van der Waals surface area contributed by atoms with Crippen molar-refractivity contribution in [2.24, 2.45) is 4.99 Å². The Bertz CT molecular complexity index is 793. The van der Waals surface area contributed by atoms with Crippen LogP contribution in [0.25, 0.3) is 0 Å². The van der Waals surface area contributed by atoms with Crippen molar-refractivity contribution in [1.29, 1.82) is 0 Å². The Morgan fingerprint density at radius 3 is 2.79 bits per heavy atom. The number of carbonyl (C=O) groups excluding carboxylic acids is 1. The van der Waals surface area contributed by atoms with Gasteiger partial charge in [-0.15, -0.1) is 0 Å². The van der Waals surface area contributed by atoms with Gasteiger partial charge in [0.25, 0.3) is 0 Å². The normalized spacial score (nSPS) is 12.2. The third kappa shape index (κ3) is 6.90. The van der Waals surface area contributed by atoms with Crippen LogP contribution in [0.4, 0.5) is 5.69 Å². The van der Waals surface area contributed by atoms with Crippen LogP contribution in [0.5, 0.6) is 5.75 Å². The fraction of sp³-hybridized carbons (Fsp3) is 0.381. The maximum atomic E-state index is 12.0. The summed E-state index contributed by atoms with van der Waals surface area (Å²) in [5.41, 5.74) is 2.84. The molecule has 0 bridgehead atoms. The Hall–Kier alpha value is -3.09. The molecule has 3 N–H and O–H groups in total. The van der Waals surface area contributed by atoms with Crippen LogP contribution < -0.4 is 20.7 Å². The van der Waals surface area contributed by atoms with Crippen molar-refractivity contribution in [2.45, 2.75) is 39.8 Å². The Morgan fingerprint density at radius 1 is 1.29 bits per heavy atom. The number of benzene rings is 1. The van der Waals surface area contributed by atoms with Crippen LogP contribution in [0.1, 0.15) is 31.4 Å². The highest BCUT2D eigenvalue weighted by molar-refractivity contribution is 5.94. The quantitative estimate of drug-likeness (QED) is 0.482. The highest BCUT2D eigenvalue weighted by Crippen LogP contribution is 2.22. The third-order valence-electron chi connectivity index (χ3n) is 4.16. The monoisotopic (exact) mass is 383 g/mol. The lowest BCUT2D eigenvalue weighted by molar-refractivity contribution is -0.115. The van der Waals surface area contributed by atoms with Gasteiger partial charge in [0.1, 0.15) is 5.75 Å². The molecule has 1 aromatic carbocycles. The van der Waals surface area contributed by atoms with Crippen molar-refractivity contribution < 1.29 is 9.53 Å². The summed E-state index contributed by atoms with van der Waals surface area (Å²) in [5, 5.41) is 9.00.